The maximum atomic E-state index is 12.9. The Morgan fingerprint density at radius 1 is 1.13 bits per heavy atom. The fourth-order valence-electron chi connectivity index (χ4n) is 4.12. The van der Waals surface area contributed by atoms with Crippen molar-refractivity contribution in [1.82, 2.24) is 15.2 Å². The Labute approximate surface area is 188 Å². The number of likely N-dealkylation sites (N-methyl/N-ethyl adjacent to an activating group) is 1. The van der Waals surface area contributed by atoms with E-state index in [2.05, 4.69) is 45.5 Å². The predicted octanol–water partition coefficient (Wildman–Crippen LogP) is 3.96. The van der Waals surface area contributed by atoms with E-state index in [0.29, 0.717) is 19.6 Å². The lowest BCUT2D eigenvalue weighted by molar-refractivity contribution is -0.160. The lowest BCUT2D eigenvalue weighted by Gasteiger charge is -2.41. The average Bonchev–Trinajstić information content (AvgIpc) is 2.80. The van der Waals surface area contributed by atoms with Crippen molar-refractivity contribution in [3.05, 3.63) is 89.2 Å². The number of morpholine rings is 1. The van der Waals surface area contributed by atoms with Crippen LogP contribution in [0.3, 0.4) is 0 Å². The molecule has 5 nitrogen and oxygen atoms in total. The van der Waals surface area contributed by atoms with Crippen LogP contribution in [0.1, 0.15) is 11.1 Å². The number of hydrogen-bond acceptors (Lipinski definition) is 4. The molecule has 6 heteroatoms. The number of rotatable bonds is 6. The Kier molecular flexibility index (Phi) is 6.66. The number of hydrogen-bond donors (Lipinski definition) is 1. The van der Waals surface area contributed by atoms with E-state index in [-0.39, 0.29) is 5.91 Å². The van der Waals surface area contributed by atoms with E-state index < -0.39 is 5.60 Å². The first kappa shape index (κ1) is 21.5. The summed E-state index contributed by atoms with van der Waals surface area (Å²) in [5, 5.41) is 3.53. The molecule has 0 saturated carbocycles. The molecule has 2 aromatic carbocycles. The largest absolute Gasteiger partial charge is 0.362 e. The molecule has 4 rings (SSSR count). The molecule has 1 atom stereocenters. The van der Waals surface area contributed by atoms with Crippen LogP contribution in [0.2, 0.25) is 5.02 Å². The first-order valence-electron chi connectivity index (χ1n) is 10.4. The number of halogens is 1. The molecular weight excluding hydrogens is 410 g/mol. The smallest absolute Gasteiger partial charge is 0.253 e. The molecule has 160 valence electrons. The van der Waals surface area contributed by atoms with Crippen LogP contribution in [0.15, 0.2) is 73.1 Å². The number of carbonyl (C=O) groups excluding carboxylic acids is 1. The van der Waals surface area contributed by atoms with Crippen LogP contribution in [0, 0.1) is 0 Å². The molecule has 1 aromatic heterocycles. The fraction of sp³-hybridized carbons (Fsp3) is 0.280. The Morgan fingerprint density at radius 2 is 1.97 bits per heavy atom. The highest BCUT2D eigenvalue weighted by Crippen LogP contribution is 2.27. The van der Waals surface area contributed by atoms with Crippen LogP contribution in [0.25, 0.3) is 11.1 Å². The molecule has 1 saturated heterocycles. The fourth-order valence-corrected chi connectivity index (χ4v) is 4.33. The molecule has 1 aliphatic heterocycles. The van der Waals surface area contributed by atoms with Crippen LogP contribution in [0.4, 0.5) is 0 Å². The third-order valence-electron chi connectivity index (χ3n) is 5.64. The maximum Gasteiger partial charge on any atom is 0.253 e. The number of carbonyl (C=O) groups is 1. The summed E-state index contributed by atoms with van der Waals surface area (Å²) in [4.78, 5) is 19.4. The molecule has 2 heterocycles. The van der Waals surface area contributed by atoms with Gasteiger partial charge in [0.15, 0.2) is 5.60 Å². The highest BCUT2D eigenvalue weighted by molar-refractivity contribution is 6.30. The van der Waals surface area contributed by atoms with Gasteiger partial charge in [-0.15, -0.1) is 0 Å². The van der Waals surface area contributed by atoms with E-state index in [4.69, 9.17) is 16.3 Å². The zero-order valence-electron chi connectivity index (χ0n) is 17.6. The van der Waals surface area contributed by atoms with E-state index in [0.717, 1.165) is 40.4 Å². The van der Waals surface area contributed by atoms with Crippen molar-refractivity contribution in [1.29, 1.82) is 0 Å². The minimum Gasteiger partial charge on any atom is -0.362 e. The van der Waals surface area contributed by atoms with Crippen molar-refractivity contribution in [2.75, 3.05) is 26.7 Å². The Balaban J connectivity index is 1.53. The summed E-state index contributed by atoms with van der Waals surface area (Å²) in [6, 6.07) is 20.1. The van der Waals surface area contributed by atoms with Crippen molar-refractivity contribution in [3.63, 3.8) is 0 Å². The van der Waals surface area contributed by atoms with E-state index in [1.165, 1.54) is 0 Å². The summed E-state index contributed by atoms with van der Waals surface area (Å²) in [7, 11) is 1.66. The van der Waals surface area contributed by atoms with Crippen molar-refractivity contribution < 1.29 is 9.53 Å². The van der Waals surface area contributed by atoms with Crippen LogP contribution in [-0.2, 0) is 22.5 Å². The van der Waals surface area contributed by atoms with Gasteiger partial charge in [0.05, 0.1) is 6.61 Å². The topological polar surface area (TPSA) is 54.5 Å². The normalized spacial score (nSPS) is 19.2. The van der Waals surface area contributed by atoms with Gasteiger partial charge in [-0.1, -0.05) is 54.1 Å². The minimum absolute atomic E-state index is 0.0976. The van der Waals surface area contributed by atoms with Gasteiger partial charge in [-0.05, 0) is 40.5 Å². The van der Waals surface area contributed by atoms with Crippen molar-refractivity contribution >= 4 is 17.5 Å². The number of pyridine rings is 1. The molecule has 1 amide bonds. The molecule has 0 aliphatic carbocycles. The molecule has 0 unspecified atom stereocenters. The van der Waals surface area contributed by atoms with E-state index in [9.17, 15) is 4.79 Å². The first-order chi connectivity index (χ1) is 15.1. The lowest BCUT2D eigenvalue weighted by atomic mass is 9.90. The summed E-state index contributed by atoms with van der Waals surface area (Å²) >= 11 is 6.14. The second-order valence-electron chi connectivity index (χ2n) is 7.88. The zero-order valence-corrected chi connectivity index (χ0v) is 18.3. The number of aromatic nitrogens is 1. The second-order valence-corrected chi connectivity index (χ2v) is 8.31. The van der Waals surface area contributed by atoms with Gasteiger partial charge in [-0.2, -0.15) is 0 Å². The third kappa shape index (κ3) is 5.13. The Morgan fingerprint density at radius 3 is 2.68 bits per heavy atom. The van der Waals surface area contributed by atoms with Crippen LogP contribution >= 0.6 is 11.6 Å². The molecule has 0 spiro atoms. The highest BCUT2D eigenvalue weighted by atomic mass is 35.5. The molecule has 31 heavy (non-hydrogen) atoms. The molecule has 1 N–H and O–H groups in total. The van der Waals surface area contributed by atoms with E-state index in [1.807, 2.05) is 36.5 Å². The average molecular weight is 436 g/mol. The molecular formula is C25H26ClN3O2. The standard InChI is InChI=1S/C25H26ClN3O2/c1-27-24(30)25(15-19-7-9-21(10-8-19)22-5-3-11-28-16-22)18-29(12-13-31-25)17-20-4-2-6-23(26)14-20/h2-11,14,16H,12-13,15,17-18H2,1H3,(H,27,30)/t25-/m0/s1. The number of amides is 1. The van der Waals surface area contributed by atoms with Crippen LogP contribution in [0.5, 0.6) is 0 Å². The third-order valence-corrected chi connectivity index (χ3v) is 5.87. The van der Waals surface area contributed by atoms with Crippen LogP contribution in [-0.4, -0.2) is 48.1 Å². The van der Waals surface area contributed by atoms with Gasteiger partial charge in [0.1, 0.15) is 0 Å². The van der Waals surface area contributed by atoms with Gasteiger partial charge in [-0.25, -0.2) is 0 Å². The molecule has 1 fully saturated rings. The van der Waals surface area contributed by atoms with Gasteiger partial charge in [0.2, 0.25) is 0 Å². The maximum absolute atomic E-state index is 12.9. The van der Waals surface area contributed by atoms with Gasteiger partial charge in [0.25, 0.3) is 5.91 Å². The number of nitrogens with one attached hydrogen (secondary N) is 1. The van der Waals surface area contributed by atoms with Gasteiger partial charge in [0, 0.05) is 50.5 Å². The molecule has 0 bridgehead atoms. The lowest BCUT2D eigenvalue weighted by Crippen LogP contribution is -2.60. The van der Waals surface area contributed by atoms with Crippen LogP contribution < -0.4 is 5.32 Å². The summed E-state index contributed by atoms with van der Waals surface area (Å²) in [5.74, 6) is -0.0976. The Hall–Kier alpha value is -2.73. The van der Waals surface area contributed by atoms with Crippen molar-refractivity contribution in [2.24, 2.45) is 0 Å². The highest BCUT2D eigenvalue weighted by Gasteiger charge is 2.43. The minimum atomic E-state index is -0.929. The number of benzene rings is 2. The summed E-state index contributed by atoms with van der Waals surface area (Å²) in [6.45, 7) is 2.51. The molecule has 0 radical (unpaired) electrons. The van der Waals surface area contributed by atoms with Crippen molar-refractivity contribution in [2.45, 2.75) is 18.6 Å². The molecule has 3 aromatic rings. The Bertz CT molecular complexity index is 1030. The zero-order chi connectivity index (χ0) is 21.7. The quantitative estimate of drug-likeness (QED) is 0.636. The van der Waals surface area contributed by atoms with Gasteiger partial charge < -0.3 is 10.1 Å². The monoisotopic (exact) mass is 435 g/mol. The van der Waals surface area contributed by atoms with Gasteiger partial charge >= 0.3 is 0 Å². The molecule has 1 aliphatic rings. The summed E-state index contributed by atoms with van der Waals surface area (Å²) in [6.07, 6.45) is 4.12. The SMILES string of the molecule is CNC(=O)[C@]1(Cc2ccc(-c3cccnc3)cc2)CN(Cc2cccc(Cl)c2)CCO1. The number of nitrogens with zero attached hydrogens (tertiary/aromatic N) is 2. The predicted molar refractivity (Wildman–Crippen MR) is 123 cm³/mol. The first-order valence-corrected chi connectivity index (χ1v) is 10.8. The number of ether oxygens (including phenoxy) is 1. The summed E-state index contributed by atoms with van der Waals surface area (Å²) in [5.41, 5.74) is 3.41. The van der Waals surface area contributed by atoms with Gasteiger partial charge in [-0.3, -0.25) is 14.7 Å². The summed E-state index contributed by atoms with van der Waals surface area (Å²) < 4.78 is 6.14. The van der Waals surface area contributed by atoms with E-state index in [1.54, 1.807) is 13.2 Å². The van der Waals surface area contributed by atoms with Crippen molar-refractivity contribution in [3.8, 4) is 11.1 Å². The van der Waals surface area contributed by atoms with E-state index >= 15 is 0 Å². The second kappa shape index (κ2) is 9.60.